The van der Waals surface area contributed by atoms with Crippen LogP contribution in [0.15, 0.2) is 0 Å². The number of rotatable bonds is 6. The Balaban J connectivity index is 1.46. The molecule has 1 aliphatic carbocycles. The van der Waals surface area contributed by atoms with Crippen LogP contribution < -0.4 is 5.32 Å². The number of carbonyl (C=O) groups excluding carboxylic acids is 1. The molecule has 5 nitrogen and oxygen atoms in total. The van der Waals surface area contributed by atoms with Gasteiger partial charge in [-0.1, -0.05) is 19.3 Å². The van der Waals surface area contributed by atoms with Crippen LogP contribution in [-0.2, 0) is 14.3 Å². The smallest absolute Gasteiger partial charge is 0.220 e. The van der Waals surface area contributed by atoms with Gasteiger partial charge < -0.3 is 14.8 Å². The molecule has 24 heavy (non-hydrogen) atoms. The number of hydrogen-bond acceptors (Lipinski definition) is 4. The molecule has 1 N–H and O–H groups in total. The first kappa shape index (κ1) is 18.2. The minimum absolute atomic E-state index is 0.166. The lowest BCUT2D eigenvalue weighted by molar-refractivity contribution is -0.123. The van der Waals surface area contributed by atoms with Gasteiger partial charge in [0.05, 0.1) is 19.3 Å². The highest BCUT2D eigenvalue weighted by atomic mass is 16.5. The van der Waals surface area contributed by atoms with E-state index in [0.29, 0.717) is 12.5 Å². The molecule has 1 atom stereocenters. The lowest BCUT2D eigenvalue weighted by Crippen LogP contribution is -2.59. The standard InChI is InChI=1S/C19H34N2O3/c22-18(8-7-17-6-2-5-13-24-17)20-16-19(9-3-1-4-10-19)21-11-14-23-15-12-21/h17H,1-16H2,(H,20,22)/t17-/m1/s1. The number of morpholine rings is 1. The molecule has 3 fully saturated rings. The maximum absolute atomic E-state index is 12.3. The Hall–Kier alpha value is -0.650. The molecule has 5 heteroatoms. The summed E-state index contributed by atoms with van der Waals surface area (Å²) in [5.41, 5.74) is 0.166. The SMILES string of the molecule is O=C(CC[C@H]1CCCCO1)NCC1(N2CCOCC2)CCCCC1. The van der Waals surface area contributed by atoms with E-state index < -0.39 is 0 Å². The van der Waals surface area contributed by atoms with Crippen LogP contribution >= 0.6 is 0 Å². The van der Waals surface area contributed by atoms with E-state index in [1.807, 2.05) is 0 Å². The number of hydrogen-bond donors (Lipinski definition) is 1. The lowest BCUT2D eigenvalue weighted by atomic mass is 9.79. The lowest BCUT2D eigenvalue weighted by Gasteiger charge is -2.48. The van der Waals surface area contributed by atoms with E-state index in [9.17, 15) is 4.79 Å². The molecule has 0 unspecified atom stereocenters. The van der Waals surface area contributed by atoms with E-state index in [0.717, 1.165) is 52.3 Å². The fourth-order valence-electron chi connectivity index (χ4n) is 4.53. The zero-order valence-corrected chi connectivity index (χ0v) is 15.1. The van der Waals surface area contributed by atoms with Crippen molar-refractivity contribution in [1.29, 1.82) is 0 Å². The summed E-state index contributed by atoms with van der Waals surface area (Å²) in [4.78, 5) is 14.9. The van der Waals surface area contributed by atoms with Crippen molar-refractivity contribution >= 4 is 5.91 Å². The topological polar surface area (TPSA) is 50.8 Å². The van der Waals surface area contributed by atoms with Crippen LogP contribution in [0.5, 0.6) is 0 Å². The second-order valence-corrected chi connectivity index (χ2v) is 7.69. The molecule has 3 rings (SSSR count). The van der Waals surface area contributed by atoms with Crippen molar-refractivity contribution < 1.29 is 14.3 Å². The minimum atomic E-state index is 0.166. The highest BCUT2D eigenvalue weighted by Crippen LogP contribution is 2.33. The van der Waals surface area contributed by atoms with Gasteiger partial charge >= 0.3 is 0 Å². The third-order valence-corrected chi connectivity index (χ3v) is 6.05. The number of amides is 1. The maximum Gasteiger partial charge on any atom is 0.220 e. The van der Waals surface area contributed by atoms with E-state index in [1.54, 1.807) is 0 Å². The molecule has 2 heterocycles. The summed E-state index contributed by atoms with van der Waals surface area (Å²) in [6.45, 7) is 5.34. The number of nitrogens with zero attached hydrogens (tertiary/aromatic N) is 1. The van der Waals surface area contributed by atoms with Crippen molar-refractivity contribution in [3.8, 4) is 0 Å². The molecule has 3 aliphatic rings. The molecule has 2 aliphatic heterocycles. The van der Waals surface area contributed by atoms with Gasteiger partial charge in [-0.3, -0.25) is 9.69 Å². The van der Waals surface area contributed by atoms with Crippen molar-refractivity contribution in [3.05, 3.63) is 0 Å². The molecule has 0 aromatic rings. The molecule has 0 aromatic carbocycles. The van der Waals surface area contributed by atoms with Gasteiger partial charge in [0, 0.05) is 38.2 Å². The Labute approximate surface area is 146 Å². The van der Waals surface area contributed by atoms with Crippen LogP contribution in [0.3, 0.4) is 0 Å². The normalized spacial score (nSPS) is 28.4. The highest BCUT2D eigenvalue weighted by molar-refractivity contribution is 5.76. The third-order valence-electron chi connectivity index (χ3n) is 6.05. The summed E-state index contributed by atoms with van der Waals surface area (Å²) >= 11 is 0. The van der Waals surface area contributed by atoms with Gasteiger partial charge in [-0.05, 0) is 38.5 Å². The quantitative estimate of drug-likeness (QED) is 0.808. The van der Waals surface area contributed by atoms with E-state index in [4.69, 9.17) is 9.47 Å². The van der Waals surface area contributed by atoms with Gasteiger partial charge in [0.25, 0.3) is 0 Å². The maximum atomic E-state index is 12.3. The second-order valence-electron chi connectivity index (χ2n) is 7.69. The summed E-state index contributed by atoms with van der Waals surface area (Å²) in [5, 5.41) is 3.25. The third kappa shape index (κ3) is 4.93. The minimum Gasteiger partial charge on any atom is -0.379 e. The van der Waals surface area contributed by atoms with Crippen LogP contribution in [-0.4, -0.2) is 61.9 Å². The van der Waals surface area contributed by atoms with Crippen molar-refractivity contribution in [2.45, 2.75) is 75.9 Å². The molecular formula is C19H34N2O3. The molecule has 0 bridgehead atoms. The molecule has 0 aromatic heterocycles. The van der Waals surface area contributed by atoms with Gasteiger partial charge in [0.2, 0.25) is 5.91 Å². The first-order valence-corrected chi connectivity index (χ1v) is 10.00. The van der Waals surface area contributed by atoms with Crippen molar-refractivity contribution in [2.75, 3.05) is 39.5 Å². The Morgan fingerprint density at radius 3 is 2.54 bits per heavy atom. The largest absolute Gasteiger partial charge is 0.379 e. The zero-order valence-electron chi connectivity index (χ0n) is 15.1. The highest BCUT2D eigenvalue weighted by Gasteiger charge is 2.38. The number of nitrogens with one attached hydrogen (secondary N) is 1. The van der Waals surface area contributed by atoms with E-state index in [1.165, 1.54) is 44.9 Å². The number of ether oxygens (including phenoxy) is 2. The first-order chi connectivity index (χ1) is 11.8. The van der Waals surface area contributed by atoms with Crippen LogP contribution in [0.4, 0.5) is 0 Å². The summed E-state index contributed by atoms with van der Waals surface area (Å²) < 4.78 is 11.3. The molecular weight excluding hydrogens is 304 g/mol. The van der Waals surface area contributed by atoms with Crippen LogP contribution in [0.2, 0.25) is 0 Å². The molecule has 0 radical (unpaired) electrons. The molecule has 1 saturated carbocycles. The van der Waals surface area contributed by atoms with Gasteiger partial charge in [-0.15, -0.1) is 0 Å². The fraction of sp³-hybridized carbons (Fsp3) is 0.947. The second kappa shape index (κ2) is 9.16. The summed E-state index contributed by atoms with van der Waals surface area (Å²) in [5.74, 6) is 0.197. The average molecular weight is 338 g/mol. The molecule has 0 spiro atoms. The van der Waals surface area contributed by atoms with E-state index in [2.05, 4.69) is 10.2 Å². The first-order valence-electron chi connectivity index (χ1n) is 10.00. The van der Waals surface area contributed by atoms with Crippen molar-refractivity contribution in [1.82, 2.24) is 10.2 Å². The van der Waals surface area contributed by atoms with Crippen molar-refractivity contribution in [3.63, 3.8) is 0 Å². The average Bonchev–Trinajstić information content (AvgIpc) is 2.67. The van der Waals surface area contributed by atoms with Gasteiger partial charge in [-0.25, -0.2) is 0 Å². The van der Waals surface area contributed by atoms with E-state index in [-0.39, 0.29) is 11.4 Å². The van der Waals surface area contributed by atoms with Crippen molar-refractivity contribution in [2.24, 2.45) is 0 Å². The predicted octanol–water partition coefficient (Wildman–Crippen LogP) is 2.49. The zero-order chi connectivity index (χ0) is 16.7. The van der Waals surface area contributed by atoms with Gasteiger partial charge in [0.15, 0.2) is 0 Å². The Bertz CT molecular complexity index is 384. The molecule has 2 saturated heterocycles. The van der Waals surface area contributed by atoms with E-state index >= 15 is 0 Å². The van der Waals surface area contributed by atoms with Crippen LogP contribution in [0.25, 0.3) is 0 Å². The molecule has 1 amide bonds. The summed E-state index contributed by atoms with van der Waals surface area (Å²) in [6.07, 6.45) is 11.6. The number of carbonyl (C=O) groups is 1. The Morgan fingerprint density at radius 2 is 1.83 bits per heavy atom. The monoisotopic (exact) mass is 338 g/mol. The fourth-order valence-corrected chi connectivity index (χ4v) is 4.53. The van der Waals surface area contributed by atoms with Gasteiger partial charge in [-0.2, -0.15) is 0 Å². The summed E-state index contributed by atoms with van der Waals surface area (Å²) in [7, 11) is 0. The Kier molecular flexibility index (Phi) is 6.93. The van der Waals surface area contributed by atoms with Crippen LogP contribution in [0.1, 0.15) is 64.2 Å². The van der Waals surface area contributed by atoms with Crippen LogP contribution in [0, 0.1) is 0 Å². The van der Waals surface area contributed by atoms with Gasteiger partial charge in [0.1, 0.15) is 0 Å². The summed E-state index contributed by atoms with van der Waals surface area (Å²) in [6, 6.07) is 0. The Morgan fingerprint density at radius 1 is 1.04 bits per heavy atom. The molecule has 138 valence electrons. The predicted molar refractivity (Wildman–Crippen MR) is 94.0 cm³/mol.